The van der Waals surface area contributed by atoms with Crippen LogP contribution < -0.4 is 20.3 Å². The van der Waals surface area contributed by atoms with Gasteiger partial charge in [-0.25, -0.2) is 0 Å². The van der Waals surface area contributed by atoms with Gasteiger partial charge >= 0.3 is 0 Å². The smallest absolute Gasteiger partial charge is 0.270 e. The van der Waals surface area contributed by atoms with Crippen LogP contribution in [0.15, 0.2) is 72.8 Å². The molecule has 0 fully saturated rings. The molecule has 0 aliphatic carbocycles. The minimum atomic E-state index is -1.18. The van der Waals surface area contributed by atoms with Crippen molar-refractivity contribution in [2.75, 3.05) is 22.1 Å². The molecule has 1 atom stereocenters. The number of non-ortho nitro benzene ring substituents is 1. The molecule has 1 aliphatic rings. The highest BCUT2D eigenvalue weighted by Crippen LogP contribution is 2.35. The van der Waals surface area contributed by atoms with Gasteiger partial charge in [-0.3, -0.25) is 29.4 Å². The zero-order chi connectivity index (χ0) is 24.9. The maximum absolute atomic E-state index is 13.5. The Morgan fingerprint density at radius 1 is 1.09 bits per heavy atom. The van der Waals surface area contributed by atoms with E-state index in [-0.39, 0.29) is 17.7 Å². The molecule has 1 heterocycles. The van der Waals surface area contributed by atoms with Gasteiger partial charge in [0.05, 0.1) is 35.0 Å². The topological polar surface area (TPSA) is 131 Å². The fraction of sp³-hybridized carbons (Fsp3) is 0.160. The highest BCUT2D eigenvalue weighted by Gasteiger charge is 2.39. The van der Waals surface area contributed by atoms with E-state index in [1.807, 2.05) is 6.92 Å². The lowest BCUT2D eigenvalue weighted by molar-refractivity contribution is -0.384. The van der Waals surface area contributed by atoms with Gasteiger partial charge < -0.3 is 15.4 Å². The van der Waals surface area contributed by atoms with Crippen LogP contribution in [0, 0.1) is 10.1 Å². The summed E-state index contributed by atoms with van der Waals surface area (Å²) in [7, 11) is 0. The second-order valence-corrected chi connectivity index (χ2v) is 7.69. The molecule has 0 spiro atoms. The van der Waals surface area contributed by atoms with Crippen LogP contribution in [0.5, 0.6) is 5.75 Å². The summed E-state index contributed by atoms with van der Waals surface area (Å²) in [5, 5.41) is 16.7. The molecule has 3 amide bonds. The number of amides is 3. The number of nitro benzene ring substituents is 1. The zero-order valence-electron chi connectivity index (χ0n) is 18.8. The van der Waals surface area contributed by atoms with E-state index < -0.39 is 28.7 Å². The molecule has 1 unspecified atom stereocenters. The maximum Gasteiger partial charge on any atom is 0.270 e. The second-order valence-electron chi connectivity index (χ2n) is 7.69. The number of nitrogens with zero attached hydrogens (tertiary/aromatic N) is 2. The average molecular weight is 474 g/mol. The number of ether oxygens (including phenoxy) is 1. The van der Waals surface area contributed by atoms with Gasteiger partial charge in [0.15, 0.2) is 0 Å². The lowest BCUT2D eigenvalue weighted by Gasteiger charge is -2.36. The Labute approximate surface area is 200 Å². The molecule has 0 bridgehead atoms. The first-order valence-electron chi connectivity index (χ1n) is 10.9. The number of para-hydroxylation sites is 4. The minimum absolute atomic E-state index is 0.0239. The van der Waals surface area contributed by atoms with Crippen LogP contribution in [0.4, 0.5) is 22.7 Å². The quantitative estimate of drug-likeness (QED) is 0.393. The number of carbonyl (C=O) groups is 3. The summed E-state index contributed by atoms with van der Waals surface area (Å²) in [5.74, 6) is -1.21. The Hall–Kier alpha value is -4.73. The van der Waals surface area contributed by atoms with Crippen molar-refractivity contribution in [3.63, 3.8) is 0 Å². The van der Waals surface area contributed by atoms with Crippen LogP contribution in [0.3, 0.4) is 0 Å². The third-order valence-corrected chi connectivity index (χ3v) is 5.40. The number of fused-ring (bicyclic) bond motifs is 1. The number of carbonyl (C=O) groups excluding carboxylic acids is 3. The molecule has 0 radical (unpaired) electrons. The third kappa shape index (κ3) is 4.96. The van der Waals surface area contributed by atoms with Gasteiger partial charge in [-0.2, -0.15) is 0 Å². The van der Waals surface area contributed by atoms with Crippen molar-refractivity contribution in [1.29, 1.82) is 0 Å². The maximum atomic E-state index is 13.5. The Balaban J connectivity index is 1.66. The van der Waals surface area contributed by atoms with Crippen LogP contribution in [-0.4, -0.2) is 35.3 Å². The highest BCUT2D eigenvalue weighted by molar-refractivity contribution is 6.18. The first-order valence-corrected chi connectivity index (χ1v) is 10.9. The normalized spacial score (nSPS) is 14.5. The van der Waals surface area contributed by atoms with Crippen LogP contribution in [0.2, 0.25) is 0 Å². The van der Waals surface area contributed by atoms with Crippen molar-refractivity contribution in [2.24, 2.45) is 0 Å². The van der Waals surface area contributed by atoms with E-state index in [4.69, 9.17) is 4.74 Å². The number of nitro groups is 1. The lowest BCUT2D eigenvalue weighted by atomic mass is 10.0. The SMILES string of the molecule is CCOc1ccccc1NC(=O)CC1C(=O)Nc2ccccc2N1C(=O)c1cccc([N+](=O)[O-])c1. The van der Waals surface area contributed by atoms with Crippen molar-refractivity contribution in [3.05, 3.63) is 88.5 Å². The summed E-state index contributed by atoms with van der Waals surface area (Å²) in [4.78, 5) is 51.4. The van der Waals surface area contributed by atoms with Gasteiger partial charge in [-0.1, -0.05) is 30.3 Å². The number of nitrogens with one attached hydrogen (secondary N) is 2. The van der Waals surface area contributed by atoms with E-state index in [2.05, 4.69) is 10.6 Å². The molecule has 1 aliphatic heterocycles. The predicted octanol–water partition coefficient (Wildman–Crippen LogP) is 3.99. The molecule has 0 aromatic heterocycles. The number of rotatable bonds is 7. The van der Waals surface area contributed by atoms with Crippen LogP contribution in [0.25, 0.3) is 0 Å². The average Bonchev–Trinajstić information content (AvgIpc) is 2.85. The van der Waals surface area contributed by atoms with Gasteiger partial charge in [0.1, 0.15) is 11.8 Å². The molecule has 3 aromatic rings. The minimum Gasteiger partial charge on any atom is -0.492 e. The van der Waals surface area contributed by atoms with Crippen molar-refractivity contribution in [3.8, 4) is 5.75 Å². The molecule has 3 aromatic carbocycles. The largest absolute Gasteiger partial charge is 0.492 e. The third-order valence-electron chi connectivity index (χ3n) is 5.40. The fourth-order valence-corrected chi connectivity index (χ4v) is 3.85. The molecule has 178 valence electrons. The first kappa shape index (κ1) is 23.4. The molecule has 10 heteroatoms. The molecular formula is C25H22N4O6. The predicted molar refractivity (Wildman–Crippen MR) is 130 cm³/mol. The first-order chi connectivity index (χ1) is 16.9. The van der Waals surface area contributed by atoms with Gasteiger partial charge in [0.2, 0.25) is 11.8 Å². The van der Waals surface area contributed by atoms with Gasteiger partial charge in [-0.05, 0) is 37.3 Å². The molecule has 0 saturated heterocycles. The summed E-state index contributed by atoms with van der Waals surface area (Å²) in [5.41, 5.74) is 0.988. The zero-order valence-corrected chi connectivity index (χ0v) is 18.8. The van der Waals surface area contributed by atoms with Crippen LogP contribution >= 0.6 is 0 Å². The summed E-state index contributed by atoms with van der Waals surface area (Å²) >= 11 is 0. The van der Waals surface area contributed by atoms with Gasteiger partial charge in [-0.15, -0.1) is 0 Å². The molecule has 0 saturated carbocycles. The Morgan fingerprint density at radius 2 is 1.83 bits per heavy atom. The standard InChI is InChI=1S/C25H22N4O6/c1-2-35-22-13-6-4-11-19(22)26-23(30)15-21-24(31)27-18-10-3-5-12-20(18)28(21)25(32)16-8-7-9-17(14-16)29(33)34/h3-14,21H,2,15H2,1H3,(H,26,30)(H,27,31). The fourth-order valence-electron chi connectivity index (χ4n) is 3.85. The Bertz CT molecular complexity index is 1310. The van der Waals surface area contributed by atoms with E-state index >= 15 is 0 Å². The van der Waals surface area contributed by atoms with Gasteiger partial charge in [0.25, 0.3) is 11.6 Å². The van der Waals surface area contributed by atoms with E-state index in [1.165, 1.54) is 23.1 Å². The van der Waals surface area contributed by atoms with E-state index in [9.17, 15) is 24.5 Å². The number of hydrogen-bond acceptors (Lipinski definition) is 6. The molecule has 2 N–H and O–H groups in total. The van der Waals surface area contributed by atoms with Gasteiger partial charge in [0, 0.05) is 17.7 Å². The number of anilines is 3. The molecular weight excluding hydrogens is 452 g/mol. The Morgan fingerprint density at radius 3 is 2.60 bits per heavy atom. The van der Waals surface area contributed by atoms with E-state index in [1.54, 1.807) is 48.5 Å². The monoisotopic (exact) mass is 474 g/mol. The summed E-state index contributed by atoms with van der Waals surface area (Å²) in [6.45, 7) is 2.22. The van der Waals surface area contributed by atoms with Crippen LogP contribution in [0.1, 0.15) is 23.7 Å². The van der Waals surface area contributed by atoms with Crippen molar-refractivity contribution in [1.82, 2.24) is 0 Å². The Kier molecular flexibility index (Phi) is 6.72. The highest BCUT2D eigenvalue weighted by atomic mass is 16.6. The van der Waals surface area contributed by atoms with Crippen LogP contribution in [-0.2, 0) is 9.59 Å². The summed E-state index contributed by atoms with van der Waals surface area (Å²) < 4.78 is 5.53. The van der Waals surface area contributed by atoms with Crippen molar-refractivity contribution >= 4 is 40.5 Å². The van der Waals surface area contributed by atoms with Crippen molar-refractivity contribution in [2.45, 2.75) is 19.4 Å². The summed E-state index contributed by atoms with van der Waals surface area (Å²) in [6, 6.07) is 17.6. The van der Waals surface area contributed by atoms with E-state index in [0.717, 1.165) is 6.07 Å². The number of hydrogen-bond donors (Lipinski definition) is 2. The lowest BCUT2D eigenvalue weighted by Crippen LogP contribution is -2.52. The molecule has 10 nitrogen and oxygen atoms in total. The molecule has 35 heavy (non-hydrogen) atoms. The summed E-state index contributed by atoms with van der Waals surface area (Å²) in [6.07, 6.45) is -0.346. The number of benzene rings is 3. The van der Waals surface area contributed by atoms with Crippen molar-refractivity contribution < 1.29 is 24.0 Å². The molecule has 4 rings (SSSR count). The second kappa shape index (κ2) is 10.0. The van der Waals surface area contributed by atoms with E-state index in [0.29, 0.717) is 29.4 Å².